The molecule has 3 atom stereocenters. The van der Waals surface area contributed by atoms with E-state index in [0.29, 0.717) is 11.3 Å². The maximum Gasteiger partial charge on any atom is 0.333 e. The van der Waals surface area contributed by atoms with Gasteiger partial charge in [-0.15, -0.1) is 11.3 Å². The molecule has 0 saturated carbocycles. The number of ether oxygens (including phenoxy) is 2. The summed E-state index contributed by atoms with van der Waals surface area (Å²) in [5.41, 5.74) is 2.18. The highest BCUT2D eigenvalue weighted by Gasteiger charge is 2.54. The molecule has 2 heterocycles. The Kier molecular flexibility index (Phi) is 9.28. The van der Waals surface area contributed by atoms with Crippen molar-refractivity contribution < 1.29 is 23.9 Å². The Morgan fingerprint density at radius 1 is 1.05 bits per heavy atom. The van der Waals surface area contributed by atoms with Crippen LogP contribution in [0.5, 0.6) is 5.75 Å². The van der Waals surface area contributed by atoms with E-state index in [1.165, 1.54) is 37.8 Å². The fourth-order valence-corrected chi connectivity index (χ4v) is 8.17. The number of rotatable bonds is 12. The highest BCUT2D eigenvalue weighted by Crippen LogP contribution is 2.45. The van der Waals surface area contributed by atoms with Gasteiger partial charge in [0.15, 0.2) is 17.0 Å². The lowest BCUT2D eigenvalue weighted by molar-refractivity contribution is -0.163. The lowest BCUT2D eigenvalue weighted by Gasteiger charge is -2.49. The topological polar surface area (TPSA) is 97.8 Å². The second kappa shape index (κ2) is 13.2. The number of β-lactam (4-membered cyclic amide) rings is 1. The largest absolute Gasteiger partial charge is 0.484 e. The van der Waals surface area contributed by atoms with Gasteiger partial charge in [-0.3, -0.25) is 9.59 Å². The molecule has 3 aromatic carbocycles. The molecule has 8 nitrogen and oxygen atoms in total. The number of thiazole rings is 1. The second-order valence-corrected chi connectivity index (χ2v) is 12.8. The van der Waals surface area contributed by atoms with Gasteiger partial charge in [-0.1, -0.05) is 78.0 Å². The third-order valence-electron chi connectivity index (χ3n) is 6.19. The van der Waals surface area contributed by atoms with Crippen LogP contribution in [-0.2, 0) is 25.7 Å². The zero-order valence-electron chi connectivity index (χ0n) is 22.1. The van der Waals surface area contributed by atoms with Crippen molar-refractivity contribution in [3.05, 3.63) is 103 Å². The smallest absolute Gasteiger partial charge is 0.333 e. The van der Waals surface area contributed by atoms with Crippen molar-refractivity contribution in [1.82, 2.24) is 15.2 Å². The number of para-hydroxylation sites is 2. The number of likely N-dealkylation sites (tertiary alicyclic amines) is 1. The summed E-state index contributed by atoms with van der Waals surface area (Å²) in [6.45, 7) is 5.47. The van der Waals surface area contributed by atoms with Crippen LogP contribution in [0.4, 0.5) is 0 Å². The number of hydrogen-bond donors (Lipinski definition) is 1. The minimum absolute atomic E-state index is 0.0702. The molecular weight excluding hydrogens is 579 g/mol. The van der Waals surface area contributed by atoms with E-state index in [1.54, 1.807) is 31.2 Å². The molecule has 5 rings (SSSR count). The van der Waals surface area contributed by atoms with Crippen LogP contribution in [-0.4, -0.2) is 51.7 Å². The third-order valence-corrected chi connectivity index (χ3v) is 10.2. The Morgan fingerprint density at radius 3 is 2.44 bits per heavy atom. The Morgan fingerprint density at radius 2 is 1.73 bits per heavy atom. The Bertz CT molecular complexity index is 1510. The number of amides is 2. The minimum Gasteiger partial charge on any atom is -0.484 e. The predicted molar refractivity (Wildman–Crippen MR) is 162 cm³/mol. The van der Waals surface area contributed by atoms with Gasteiger partial charge in [0.25, 0.3) is 5.91 Å². The highest BCUT2D eigenvalue weighted by atomic mass is 33.1. The average Bonchev–Trinajstić information content (AvgIpc) is 3.41. The van der Waals surface area contributed by atoms with E-state index in [4.69, 9.17) is 9.47 Å². The van der Waals surface area contributed by atoms with E-state index in [0.717, 1.165) is 20.1 Å². The molecule has 0 spiro atoms. The molecular formula is C30H27N3O5S3. The second-order valence-electron chi connectivity index (χ2n) is 9.25. The standard InChI is InChI=1S/C30H27N3O5S3/c1-19(2)26(29(36)38-17-20-11-5-3-6-12-20)33-27(35)25(32-24(34)18-37-21-13-7-4-8-14-21)28(33)40-41-30-31-22-15-9-10-16-23(22)39-30/h3-16,25-26,28H,1,17-18H2,2H3,(H,32,34)/t25-,26?,28-/m1/s1. The summed E-state index contributed by atoms with van der Waals surface area (Å²) in [6, 6.07) is 24.2. The number of aromatic nitrogens is 1. The molecule has 0 radical (unpaired) electrons. The molecule has 4 aromatic rings. The zero-order valence-corrected chi connectivity index (χ0v) is 24.5. The first-order valence-electron chi connectivity index (χ1n) is 12.7. The molecule has 0 aliphatic carbocycles. The first-order valence-corrected chi connectivity index (χ1v) is 15.8. The van der Waals surface area contributed by atoms with E-state index < -0.39 is 35.2 Å². The van der Waals surface area contributed by atoms with Crippen molar-refractivity contribution in [3.8, 4) is 5.75 Å². The first kappa shape index (κ1) is 28.7. The van der Waals surface area contributed by atoms with Gasteiger partial charge in [-0.25, -0.2) is 9.78 Å². The molecule has 1 aliphatic rings. The lowest BCUT2D eigenvalue weighted by Crippen LogP contribution is -2.73. The normalized spacial score (nSPS) is 17.0. The van der Waals surface area contributed by atoms with Crippen LogP contribution in [0, 0.1) is 0 Å². The maximum absolute atomic E-state index is 13.4. The van der Waals surface area contributed by atoms with Crippen LogP contribution < -0.4 is 10.1 Å². The van der Waals surface area contributed by atoms with Crippen molar-refractivity contribution in [2.45, 2.75) is 35.3 Å². The number of nitrogens with one attached hydrogen (secondary N) is 1. The van der Waals surface area contributed by atoms with E-state index in [-0.39, 0.29) is 13.2 Å². The first-order chi connectivity index (χ1) is 19.9. The van der Waals surface area contributed by atoms with Crippen molar-refractivity contribution >= 4 is 60.9 Å². The van der Waals surface area contributed by atoms with E-state index >= 15 is 0 Å². The van der Waals surface area contributed by atoms with Crippen molar-refractivity contribution in [2.75, 3.05) is 6.61 Å². The number of fused-ring (bicyclic) bond motifs is 1. The number of hydrogen-bond acceptors (Lipinski definition) is 9. The van der Waals surface area contributed by atoms with Crippen molar-refractivity contribution in [1.29, 1.82) is 0 Å². The summed E-state index contributed by atoms with van der Waals surface area (Å²) >= 11 is 1.53. The SMILES string of the molecule is C=C(C)C(C(=O)OCc1ccccc1)N1C(=O)[C@@H](NC(=O)COc2ccccc2)[C@H]1SSc1nc2ccccc2s1. The van der Waals surface area contributed by atoms with Crippen LogP contribution in [0.25, 0.3) is 10.2 Å². The molecule has 1 aliphatic heterocycles. The van der Waals surface area contributed by atoms with Gasteiger partial charge in [0, 0.05) is 0 Å². The fraction of sp³-hybridized carbons (Fsp3) is 0.200. The highest BCUT2D eigenvalue weighted by molar-refractivity contribution is 8.77. The van der Waals surface area contributed by atoms with Crippen LogP contribution in [0.1, 0.15) is 12.5 Å². The molecule has 1 fully saturated rings. The number of esters is 1. The van der Waals surface area contributed by atoms with Gasteiger partial charge in [-0.05, 0) is 53.1 Å². The van der Waals surface area contributed by atoms with Gasteiger partial charge in [0.05, 0.1) is 10.2 Å². The van der Waals surface area contributed by atoms with Crippen molar-refractivity contribution in [3.63, 3.8) is 0 Å². The Labute approximate surface area is 249 Å². The summed E-state index contributed by atoms with van der Waals surface area (Å²) in [4.78, 5) is 45.5. The molecule has 1 N–H and O–H groups in total. The van der Waals surface area contributed by atoms with E-state index in [1.807, 2.05) is 60.7 Å². The molecule has 2 amide bonds. The summed E-state index contributed by atoms with van der Waals surface area (Å²) in [6.07, 6.45) is 0. The fourth-order valence-electron chi connectivity index (χ4n) is 4.21. The van der Waals surface area contributed by atoms with Crippen LogP contribution in [0.3, 0.4) is 0 Å². The predicted octanol–water partition coefficient (Wildman–Crippen LogP) is 5.46. The monoisotopic (exact) mass is 605 g/mol. The van der Waals surface area contributed by atoms with E-state index in [9.17, 15) is 14.4 Å². The number of benzene rings is 3. The maximum atomic E-state index is 13.4. The average molecular weight is 606 g/mol. The molecule has 1 unspecified atom stereocenters. The molecule has 210 valence electrons. The molecule has 41 heavy (non-hydrogen) atoms. The summed E-state index contributed by atoms with van der Waals surface area (Å²) in [7, 11) is 2.74. The number of carbonyl (C=O) groups excluding carboxylic acids is 3. The molecule has 1 aromatic heterocycles. The Hall–Kier alpha value is -3.80. The molecule has 1 saturated heterocycles. The minimum atomic E-state index is -1.01. The van der Waals surface area contributed by atoms with Crippen molar-refractivity contribution in [2.24, 2.45) is 0 Å². The van der Waals surface area contributed by atoms with Crippen LogP contribution in [0.2, 0.25) is 0 Å². The van der Waals surface area contributed by atoms with Crippen LogP contribution >= 0.6 is 32.9 Å². The van der Waals surface area contributed by atoms with Gasteiger partial charge >= 0.3 is 5.97 Å². The Balaban J connectivity index is 1.31. The lowest BCUT2D eigenvalue weighted by atomic mass is 9.99. The zero-order chi connectivity index (χ0) is 28.8. The number of carbonyl (C=O) groups is 3. The molecule has 11 heteroatoms. The summed E-state index contributed by atoms with van der Waals surface area (Å²) < 4.78 is 13.0. The van der Waals surface area contributed by atoms with Gasteiger partial charge in [-0.2, -0.15) is 0 Å². The quantitative estimate of drug-likeness (QED) is 0.0985. The third kappa shape index (κ3) is 6.92. The van der Waals surface area contributed by atoms with Gasteiger partial charge in [0.2, 0.25) is 5.91 Å². The molecule has 0 bridgehead atoms. The van der Waals surface area contributed by atoms with Gasteiger partial charge in [0.1, 0.15) is 23.8 Å². The number of nitrogens with zero attached hydrogens (tertiary/aromatic N) is 2. The summed E-state index contributed by atoms with van der Waals surface area (Å²) in [5.74, 6) is -0.876. The van der Waals surface area contributed by atoms with E-state index in [2.05, 4.69) is 16.9 Å². The van der Waals surface area contributed by atoms with Gasteiger partial charge < -0.3 is 19.7 Å². The summed E-state index contributed by atoms with van der Waals surface area (Å²) in [5, 5.41) is 2.20. The van der Waals surface area contributed by atoms with Crippen LogP contribution in [0.15, 0.2) is 101 Å².